The van der Waals surface area contributed by atoms with Crippen molar-refractivity contribution in [3.8, 4) is 10.7 Å². The Morgan fingerprint density at radius 1 is 1.24 bits per heavy atom. The quantitative estimate of drug-likeness (QED) is 0.711. The summed E-state index contributed by atoms with van der Waals surface area (Å²) in [4.78, 5) is 7.90. The highest BCUT2D eigenvalue weighted by Crippen LogP contribution is 2.31. The molecule has 0 saturated carbocycles. The van der Waals surface area contributed by atoms with Gasteiger partial charge in [-0.2, -0.15) is 0 Å². The second-order valence-electron chi connectivity index (χ2n) is 3.47. The zero-order valence-electron chi connectivity index (χ0n) is 8.30. The molecule has 0 fully saturated rings. The third-order valence-electron chi connectivity index (χ3n) is 2.31. The minimum atomic E-state index is -0.655. The Morgan fingerprint density at radius 2 is 2.06 bits per heavy atom. The van der Waals surface area contributed by atoms with E-state index in [2.05, 4.69) is 25.9 Å². The van der Waals surface area contributed by atoms with Crippen LogP contribution in [0.4, 0.5) is 8.78 Å². The summed E-state index contributed by atoms with van der Waals surface area (Å²) < 4.78 is 27.4. The Hall–Kier alpha value is -1.27. The van der Waals surface area contributed by atoms with Gasteiger partial charge in [-0.1, -0.05) is 0 Å². The first-order chi connectivity index (χ1) is 8.13. The normalized spacial score (nSPS) is 11.2. The van der Waals surface area contributed by atoms with Gasteiger partial charge in [-0.3, -0.25) is 0 Å². The standard InChI is InChI=1S/C11H5BrF2N2S/c12-9-2-1-8(17-9)11-15-7-4-5(13)3-6(14)10(7)16-11/h1-4H,(H,15,16). The van der Waals surface area contributed by atoms with Crippen molar-refractivity contribution in [2.75, 3.05) is 0 Å². The van der Waals surface area contributed by atoms with Crippen LogP contribution in [0.25, 0.3) is 21.7 Å². The Bertz CT molecular complexity index is 705. The summed E-state index contributed by atoms with van der Waals surface area (Å²) in [5.41, 5.74) is 0.521. The van der Waals surface area contributed by atoms with Crippen molar-refractivity contribution in [2.24, 2.45) is 0 Å². The molecule has 0 radical (unpaired) electrons. The average molecular weight is 315 g/mol. The summed E-state index contributed by atoms with van der Waals surface area (Å²) in [6, 6.07) is 5.81. The minimum absolute atomic E-state index is 0.158. The van der Waals surface area contributed by atoms with Crippen molar-refractivity contribution in [3.63, 3.8) is 0 Å². The number of fused-ring (bicyclic) bond motifs is 1. The molecule has 3 rings (SSSR count). The number of H-pyrrole nitrogens is 1. The topological polar surface area (TPSA) is 28.7 Å². The lowest BCUT2D eigenvalue weighted by molar-refractivity contribution is 0.591. The number of imidazole rings is 1. The fourth-order valence-corrected chi connectivity index (χ4v) is 2.93. The first-order valence-electron chi connectivity index (χ1n) is 4.74. The van der Waals surface area contributed by atoms with Crippen LogP contribution >= 0.6 is 27.3 Å². The van der Waals surface area contributed by atoms with Crippen molar-refractivity contribution < 1.29 is 8.78 Å². The number of aromatic amines is 1. The summed E-state index contributed by atoms with van der Waals surface area (Å²) in [6.07, 6.45) is 0. The van der Waals surface area contributed by atoms with Crippen LogP contribution in [0.2, 0.25) is 0 Å². The molecule has 2 heterocycles. The van der Waals surface area contributed by atoms with E-state index in [-0.39, 0.29) is 5.52 Å². The monoisotopic (exact) mass is 314 g/mol. The second kappa shape index (κ2) is 3.89. The van der Waals surface area contributed by atoms with Crippen LogP contribution in [0.3, 0.4) is 0 Å². The fourth-order valence-electron chi connectivity index (χ4n) is 1.60. The number of hydrogen-bond acceptors (Lipinski definition) is 2. The number of benzene rings is 1. The highest BCUT2D eigenvalue weighted by molar-refractivity contribution is 9.11. The van der Waals surface area contributed by atoms with Crippen LogP contribution in [0.15, 0.2) is 28.1 Å². The van der Waals surface area contributed by atoms with Crippen LogP contribution in [0.5, 0.6) is 0 Å². The van der Waals surface area contributed by atoms with Gasteiger partial charge in [-0.05, 0) is 34.1 Å². The highest BCUT2D eigenvalue weighted by atomic mass is 79.9. The van der Waals surface area contributed by atoms with E-state index in [1.165, 1.54) is 17.4 Å². The molecule has 0 bridgehead atoms. The van der Waals surface area contributed by atoms with E-state index in [4.69, 9.17) is 0 Å². The molecule has 0 atom stereocenters. The number of aromatic nitrogens is 2. The zero-order chi connectivity index (χ0) is 12.0. The van der Waals surface area contributed by atoms with Crippen molar-refractivity contribution >= 4 is 38.3 Å². The maximum absolute atomic E-state index is 13.5. The van der Waals surface area contributed by atoms with Crippen LogP contribution in [-0.2, 0) is 0 Å². The van der Waals surface area contributed by atoms with Gasteiger partial charge in [0, 0.05) is 6.07 Å². The average Bonchev–Trinajstić information content (AvgIpc) is 2.83. The van der Waals surface area contributed by atoms with Gasteiger partial charge >= 0.3 is 0 Å². The number of rotatable bonds is 1. The molecule has 0 spiro atoms. The lowest BCUT2D eigenvalue weighted by Crippen LogP contribution is -1.81. The Labute approximate surface area is 107 Å². The van der Waals surface area contributed by atoms with E-state index < -0.39 is 11.6 Å². The van der Waals surface area contributed by atoms with Gasteiger partial charge in [0.2, 0.25) is 0 Å². The SMILES string of the molecule is Fc1cc(F)c2nc(-c3ccc(Br)s3)[nH]c2c1. The van der Waals surface area contributed by atoms with Crippen molar-refractivity contribution in [1.29, 1.82) is 0 Å². The lowest BCUT2D eigenvalue weighted by atomic mass is 10.3. The summed E-state index contributed by atoms with van der Waals surface area (Å²) in [5, 5.41) is 0. The molecule has 17 heavy (non-hydrogen) atoms. The van der Waals surface area contributed by atoms with Crippen LogP contribution in [0, 0.1) is 11.6 Å². The van der Waals surface area contributed by atoms with Gasteiger partial charge in [0.25, 0.3) is 0 Å². The molecule has 0 aliphatic heterocycles. The number of hydrogen-bond donors (Lipinski definition) is 1. The van der Waals surface area contributed by atoms with Crippen LogP contribution in [0.1, 0.15) is 0 Å². The minimum Gasteiger partial charge on any atom is -0.337 e. The van der Waals surface area contributed by atoms with E-state index in [1.807, 2.05) is 12.1 Å². The fraction of sp³-hybridized carbons (Fsp3) is 0. The van der Waals surface area contributed by atoms with Crippen LogP contribution < -0.4 is 0 Å². The van der Waals surface area contributed by atoms with Gasteiger partial charge in [-0.25, -0.2) is 13.8 Å². The maximum atomic E-state index is 13.5. The van der Waals surface area contributed by atoms with Gasteiger partial charge in [-0.15, -0.1) is 11.3 Å². The van der Waals surface area contributed by atoms with E-state index in [0.29, 0.717) is 11.3 Å². The third-order valence-corrected chi connectivity index (χ3v) is 3.94. The van der Waals surface area contributed by atoms with E-state index in [0.717, 1.165) is 14.7 Å². The molecule has 0 unspecified atom stereocenters. The van der Waals surface area contributed by atoms with Crippen molar-refractivity contribution in [2.45, 2.75) is 0 Å². The summed E-state index contributed by atoms with van der Waals surface area (Å²) >= 11 is 4.81. The van der Waals surface area contributed by atoms with E-state index >= 15 is 0 Å². The van der Waals surface area contributed by atoms with Gasteiger partial charge < -0.3 is 4.98 Å². The maximum Gasteiger partial charge on any atom is 0.153 e. The van der Waals surface area contributed by atoms with Gasteiger partial charge in [0.15, 0.2) is 5.82 Å². The number of halogens is 3. The number of nitrogens with one attached hydrogen (secondary N) is 1. The molecule has 2 nitrogen and oxygen atoms in total. The highest BCUT2D eigenvalue weighted by Gasteiger charge is 2.12. The Morgan fingerprint density at radius 3 is 2.76 bits per heavy atom. The molecule has 0 aliphatic carbocycles. The first kappa shape index (κ1) is 10.9. The van der Waals surface area contributed by atoms with Gasteiger partial charge in [0.1, 0.15) is 17.2 Å². The summed E-state index contributed by atoms with van der Waals surface area (Å²) in [6.45, 7) is 0. The predicted octanol–water partition coefficient (Wildman–Crippen LogP) is 4.33. The van der Waals surface area contributed by atoms with Crippen LogP contribution in [-0.4, -0.2) is 9.97 Å². The molecule has 86 valence electrons. The Kier molecular flexibility index (Phi) is 2.48. The molecular formula is C11H5BrF2N2S. The molecule has 1 aromatic carbocycles. The molecule has 6 heteroatoms. The first-order valence-corrected chi connectivity index (χ1v) is 6.35. The molecular weight excluding hydrogens is 310 g/mol. The molecule has 3 aromatic rings. The number of thiophene rings is 1. The lowest BCUT2D eigenvalue weighted by Gasteiger charge is -1.90. The largest absolute Gasteiger partial charge is 0.337 e. The predicted molar refractivity (Wildman–Crippen MR) is 67.0 cm³/mol. The van der Waals surface area contributed by atoms with Gasteiger partial charge in [0.05, 0.1) is 14.2 Å². The summed E-state index contributed by atoms with van der Waals surface area (Å²) in [7, 11) is 0. The van der Waals surface area contributed by atoms with Crippen molar-refractivity contribution in [3.05, 3.63) is 39.7 Å². The third kappa shape index (κ3) is 1.87. The van der Waals surface area contributed by atoms with Crippen molar-refractivity contribution in [1.82, 2.24) is 9.97 Å². The zero-order valence-corrected chi connectivity index (χ0v) is 10.7. The summed E-state index contributed by atoms with van der Waals surface area (Å²) in [5.74, 6) is -0.726. The Balaban J connectivity index is 2.23. The van der Waals surface area contributed by atoms with E-state index in [1.54, 1.807) is 0 Å². The molecule has 0 saturated heterocycles. The molecule has 0 amide bonds. The van der Waals surface area contributed by atoms with E-state index in [9.17, 15) is 8.78 Å². The molecule has 1 N–H and O–H groups in total. The molecule has 0 aliphatic rings. The smallest absolute Gasteiger partial charge is 0.153 e. The number of nitrogens with zero attached hydrogens (tertiary/aromatic N) is 1. The molecule has 2 aromatic heterocycles. The second-order valence-corrected chi connectivity index (χ2v) is 5.94.